The minimum Gasteiger partial charge on any atom is -0.356 e. The molecule has 0 unspecified atom stereocenters. The Morgan fingerprint density at radius 2 is 2.17 bits per heavy atom. The highest BCUT2D eigenvalue weighted by molar-refractivity contribution is 5.98. The molecular formula is C16H19N5O2. The molecule has 7 heteroatoms. The van der Waals surface area contributed by atoms with Crippen molar-refractivity contribution in [3.8, 4) is 0 Å². The number of benzene rings is 1. The zero-order valence-corrected chi connectivity index (χ0v) is 13.0. The fraction of sp³-hybridized carbons (Fsp3) is 0.375. The number of aryl methyl sites for hydroxylation is 1. The molecule has 2 amide bonds. The number of fused-ring (bicyclic) bond motifs is 1. The van der Waals surface area contributed by atoms with Crippen LogP contribution < -0.4 is 5.32 Å². The van der Waals surface area contributed by atoms with E-state index < -0.39 is 0 Å². The predicted octanol–water partition coefficient (Wildman–Crippen LogP) is 0.520. The van der Waals surface area contributed by atoms with Gasteiger partial charge in [-0.05, 0) is 11.6 Å². The minimum absolute atomic E-state index is 0.00693. The molecule has 120 valence electrons. The van der Waals surface area contributed by atoms with Gasteiger partial charge in [0, 0.05) is 45.1 Å². The summed E-state index contributed by atoms with van der Waals surface area (Å²) in [7, 11) is 1.82. The number of aromatic nitrogens is 3. The van der Waals surface area contributed by atoms with Crippen molar-refractivity contribution in [1.29, 1.82) is 0 Å². The van der Waals surface area contributed by atoms with E-state index >= 15 is 0 Å². The SMILES string of the molecule is Cn1ncnc1CCNC(=O)CCN1Cc2ccccc2C1=O. The van der Waals surface area contributed by atoms with Gasteiger partial charge in [-0.2, -0.15) is 5.10 Å². The van der Waals surface area contributed by atoms with Crippen molar-refractivity contribution in [3.63, 3.8) is 0 Å². The molecule has 23 heavy (non-hydrogen) atoms. The lowest BCUT2D eigenvalue weighted by molar-refractivity contribution is -0.121. The van der Waals surface area contributed by atoms with Gasteiger partial charge in [-0.25, -0.2) is 4.98 Å². The van der Waals surface area contributed by atoms with E-state index in [0.29, 0.717) is 32.5 Å². The van der Waals surface area contributed by atoms with Crippen LogP contribution in [0.4, 0.5) is 0 Å². The second-order valence-corrected chi connectivity index (χ2v) is 5.53. The van der Waals surface area contributed by atoms with E-state index in [1.807, 2.05) is 31.3 Å². The Balaban J connectivity index is 1.42. The van der Waals surface area contributed by atoms with Crippen LogP contribution in [0.5, 0.6) is 0 Å². The lowest BCUT2D eigenvalue weighted by Gasteiger charge is -2.15. The quantitative estimate of drug-likeness (QED) is 0.843. The summed E-state index contributed by atoms with van der Waals surface area (Å²) < 4.78 is 1.69. The average molecular weight is 313 g/mol. The van der Waals surface area contributed by atoms with Crippen LogP contribution in [0.2, 0.25) is 0 Å². The fourth-order valence-electron chi connectivity index (χ4n) is 2.68. The fourth-order valence-corrected chi connectivity index (χ4v) is 2.68. The largest absolute Gasteiger partial charge is 0.356 e. The van der Waals surface area contributed by atoms with Gasteiger partial charge in [0.1, 0.15) is 12.2 Å². The maximum Gasteiger partial charge on any atom is 0.254 e. The first-order valence-corrected chi connectivity index (χ1v) is 7.62. The monoisotopic (exact) mass is 313 g/mol. The van der Waals surface area contributed by atoms with E-state index in [-0.39, 0.29) is 11.8 Å². The van der Waals surface area contributed by atoms with Gasteiger partial charge in [0.25, 0.3) is 5.91 Å². The third-order valence-corrected chi connectivity index (χ3v) is 3.98. The Kier molecular flexibility index (Phi) is 4.36. The van der Waals surface area contributed by atoms with Crippen molar-refractivity contribution in [2.75, 3.05) is 13.1 Å². The summed E-state index contributed by atoms with van der Waals surface area (Å²) in [5.74, 6) is 0.777. The number of nitrogens with one attached hydrogen (secondary N) is 1. The third kappa shape index (κ3) is 3.39. The number of carbonyl (C=O) groups is 2. The third-order valence-electron chi connectivity index (χ3n) is 3.98. The summed E-state index contributed by atoms with van der Waals surface area (Å²) in [5, 5.41) is 6.83. The Hall–Kier alpha value is -2.70. The summed E-state index contributed by atoms with van der Waals surface area (Å²) in [6.45, 7) is 1.53. The van der Waals surface area contributed by atoms with Crippen LogP contribution in [0.1, 0.15) is 28.2 Å². The molecule has 0 fully saturated rings. The van der Waals surface area contributed by atoms with Gasteiger partial charge in [-0.1, -0.05) is 18.2 Å². The maximum absolute atomic E-state index is 12.2. The molecule has 2 aromatic rings. The molecule has 0 saturated carbocycles. The van der Waals surface area contributed by atoms with Crippen LogP contribution in [0.3, 0.4) is 0 Å². The average Bonchev–Trinajstić information content (AvgIpc) is 3.10. The molecular weight excluding hydrogens is 294 g/mol. The van der Waals surface area contributed by atoms with E-state index in [1.165, 1.54) is 6.33 Å². The van der Waals surface area contributed by atoms with Crippen molar-refractivity contribution in [3.05, 3.63) is 47.5 Å². The number of carbonyl (C=O) groups excluding carboxylic acids is 2. The lowest BCUT2D eigenvalue weighted by Crippen LogP contribution is -2.32. The Morgan fingerprint density at radius 1 is 1.35 bits per heavy atom. The van der Waals surface area contributed by atoms with Crippen LogP contribution in [-0.4, -0.2) is 44.6 Å². The van der Waals surface area contributed by atoms with Crippen LogP contribution in [0.15, 0.2) is 30.6 Å². The van der Waals surface area contributed by atoms with E-state index in [1.54, 1.807) is 9.58 Å². The maximum atomic E-state index is 12.2. The number of nitrogens with zero attached hydrogens (tertiary/aromatic N) is 4. The van der Waals surface area contributed by atoms with Crippen molar-refractivity contribution < 1.29 is 9.59 Å². The lowest BCUT2D eigenvalue weighted by atomic mass is 10.1. The zero-order chi connectivity index (χ0) is 16.2. The molecule has 1 aliphatic rings. The van der Waals surface area contributed by atoms with Gasteiger partial charge in [-0.3, -0.25) is 14.3 Å². The first kappa shape index (κ1) is 15.2. The Labute approximate surface area is 134 Å². The molecule has 0 radical (unpaired) electrons. The van der Waals surface area contributed by atoms with Crippen LogP contribution >= 0.6 is 0 Å². The van der Waals surface area contributed by atoms with Gasteiger partial charge in [0.05, 0.1) is 0 Å². The van der Waals surface area contributed by atoms with Crippen molar-refractivity contribution in [1.82, 2.24) is 25.0 Å². The molecule has 1 aliphatic heterocycles. The van der Waals surface area contributed by atoms with Gasteiger partial charge < -0.3 is 10.2 Å². The Bertz CT molecular complexity index is 725. The van der Waals surface area contributed by atoms with Gasteiger partial charge in [0.2, 0.25) is 5.91 Å². The normalized spacial score (nSPS) is 13.3. The van der Waals surface area contributed by atoms with Crippen molar-refractivity contribution in [2.45, 2.75) is 19.4 Å². The molecule has 0 spiro atoms. The number of hydrogen-bond acceptors (Lipinski definition) is 4. The summed E-state index contributed by atoms with van der Waals surface area (Å²) in [5.41, 5.74) is 1.77. The highest BCUT2D eigenvalue weighted by Gasteiger charge is 2.26. The van der Waals surface area contributed by atoms with Gasteiger partial charge in [-0.15, -0.1) is 0 Å². The highest BCUT2D eigenvalue weighted by atomic mass is 16.2. The smallest absolute Gasteiger partial charge is 0.254 e. The van der Waals surface area contributed by atoms with Gasteiger partial charge in [0.15, 0.2) is 0 Å². The van der Waals surface area contributed by atoms with Crippen LogP contribution in [0, 0.1) is 0 Å². The molecule has 0 saturated heterocycles. The number of amides is 2. The molecule has 0 aliphatic carbocycles. The Morgan fingerprint density at radius 3 is 2.91 bits per heavy atom. The standard InChI is InChI=1S/C16H19N5O2/c1-20-14(18-11-19-20)6-8-17-15(22)7-9-21-10-12-4-2-3-5-13(12)16(21)23/h2-5,11H,6-10H2,1H3,(H,17,22). The molecule has 0 atom stereocenters. The summed E-state index contributed by atoms with van der Waals surface area (Å²) in [4.78, 5) is 29.9. The van der Waals surface area contributed by atoms with E-state index in [4.69, 9.17) is 0 Å². The molecule has 1 aromatic carbocycles. The van der Waals surface area contributed by atoms with Crippen molar-refractivity contribution >= 4 is 11.8 Å². The van der Waals surface area contributed by atoms with E-state index in [2.05, 4.69) is 15.4 Å². The second-order valence-electron chi connectivity index (χ2n) is 5.53. The number of rotatable bonds is 6. The first-order chi connectivity index (χ1) is 11.1. The summed E-state index contributed by atoms with van der Waals surface area (Å²) in [6, 6.07) is 7.57. The van der Waals surface area contributed by atoms with Crippen molar-refractivity contribution in [2.24, 2.45) is 7.05 Å². The van der Waals surface area contributed by atoms with E-state index in [0.717, 1.165) is 17.0 Å². The number of hydrogen-bond donors (Lipinski definition) is 1. The summed E-state index contributed by atoms with van der Waals surface area (Å²) in [6.07, 6.45) is 2.43. The second kappa shape index (κ2) is 6.60. The molecule has 3 rings (SSSR count). The topological polar surface area (TPSA) is 80.1 Å². The van der Waals surface area contributed by atoms with Crippen LogP contribution in [-0.2, 0) is 24.8 Å². The summed E-state index contributed by atoms with van der Waals surface area (Å²) >= 11 is 0. The van der Waals surface area contributed by atoms with E-state index in [9.17, 15) is 9.59 Å². The predicted molar refractivity (Wildman–Crippen MR) is 83.5 cm³/mol. The molecule has 0 bridgehead atoms. The van der Waals surface area contributed by atoms with Gasteiger partial charge >= 0.3 is 0 Å². The molecule has 1 aromatic heterocycles. The minimum atomic E-state index is -0.0593. The molecule has 1 N–H and O–H groups in total. The zero-order valence-electron chi connectivity index (χ0n) is 13.0. The molecule has 2 heterocycles. The first-order valence-electron chi connectivity index (χ1n) is 7.62. The van der Waals surface area contributed by atoms with Crippen LogP contribution in [0.25, 0.3) is 0 Å². The molecule has 7 nitrogen and oxygen atoms in total. The highest BCUT2D eigenvalue weighted by Crippen LogP contribution is 2.22.